The SMILES string of the molecule is C=Cc1cc(OCC)cc(C(=O)NC2(C)CCC2)c1. The number of carbonyl (C=O) groups excluding carboxylic acids is 1. The van der Waals surface area contributed by atoms with E-state index < -0.39 is 0 Å². The molecule has 1 fully saturated rings. The third-order valence-corrected chi connectivity index (χ3v) is 3.61. The third kappa shape index (κ3) is 3.16. The second-order valence-electron chi connectivity index (χ2n) is 5.30. The number of hydrogen-bond donors (Lipinski definition) is 1. The molecule has 1 aliphatic rings. The Kier molecular flexibility index (Phi) is 3.93. The van der Waals surface area contributed by atoms with Gasteiger partial charge in [0.25, 0.3) is 5.91 Å². The molecule has 3 heteroatoms. The molecule has 1 amide bonds. The highest BCUT2D eigenvalue weighted by Crippen LogP contribution is 2.31. The Morgan fingerprint density at radius 1 is 1.47 bits per heavy atom. The lowest BCUT2D eigenvalue weighted by molar-refractivity contribution is 0.0850. The first-order valence-corrected chi connectivity index (χ1v) is 6.79. The molecule has 0 saturated heterocycles. The third-order valence-electron chi connectivity index (χ3n) is 3.61. The maximum Gasteiger partial charge on any atom is 0.251 e. The highest BCUT2D eigenvalue weighted by atomic mass is 16.5. The van der Waals surface area contributed by atoms with Crippen LogP contribution in [-0.4, -0.2) is 18.1 Å². The number of benzene rings is 1. The first-order chi connectivity index (χ1) is 9.06. The normalized spacial score (nSPS) is 16.3. The van der Waals surface area contributed by atoms with E-state index in [1.54, 1.807) is 12.1 Å². The second-order valence-corrected chi connectivity index (χ2v) is 5.30. The molecular weight excluding hydrogens is 238 g/mol. The molecule has 1 saturated carbocycles. The maximum absolute atomic E-state index is 12.3. The van der Waals surface area contributed by atoms with Crippen molar-refractivity contribution < 1.29 is 9.53 Å². The predicted molar refractivity (Wildman–Crippen MR) is 77.4 cm³/mol. The van der Waals surface area contributed by atoms with Gasteiger partial charge in [0.15, 0.2) is 0 Å². The molecular formula is C16H21NO2. The molecule has 0 atom stereocenters. The Labute approximate surface area is 114 Å². The van der Waals surface area contributed by atoms with Crippen LogP contribution in [0.25, 0.3) is 6.08 Å². The van der Waals surface area contributed by atoms with Crippen LogP contribution in [0, 0.1) is 0 Å². The molecule has 0 aromatic heterocycles. The molecule has 0 spiro atoms. The van der Waals surface area contributed by atoms with E-state index in [0.717, 1.165) is 18.4 Å². The second kappa shape index (κ2) is 5.47. The van der Waals surface area contributed by atoms with Gasteiger partial charge in [0.05, 0.1) is 6.61 Å². The summed E-state index contributed by atoms with van der Waals surface area (Å²) in [4.78, 5) is 12.3. The van der Waals surface area contributed by atoms with Crippen molar-refractivity contribution in [2.75, 3.05) is 6.61 Å². The van der Waals surface area contributed by atoms with E-state index in [2.05, 4.69) is 18.8 Å². The van der Waals surface area contributed by atoms with Crippen molar-refractivity contribution in [3.63, 3.8) is 0 Å². The van der Waals surface area contributed by atoms with Crippen molar-refractivity contribution in [2.24, 2.45) is 0 Å². The Morgan fingerprint density at radius 3 is 2.74 bits per heavy atom. The zero-order valence-electron chi connectivity index (χ0n) is 11.7. The van der Waals surface area contributed by atoms with Crippen LogP contribution in [0.15, 0.2) is 24.8 Å². The van der Waals surface area contributed by atoms with Crippen LogP contribution in [0.4, 0.5) is 0 Å². The molecule has 1 aromatic carbocycles. The van der Waals surface area contributed by atoms with Gasteiger partial charge in [-0.25, -0.2) is 0 Å². The molecule has 1 N–H and O–H groups in total. The van der Waals surface area contributed by atoms with Gasteiger partial charge in [-0.3, -0.25) is 4.79 Å². The van der Waals surface area contributed by atoms with Gasteiger partial charge in [0.2, 0.25) is 0 Å². The summed E-state index contributed by atoms with van der Waals surface area (Å²) in [6, 6.07) is 5.51. The molecule has 0 bridgehead atoms. The van der Waals surface area contributed by atoms with E-state index >= 15 is 0 Å². The predicted octanol–water partition coefficient (Wildman–Crippen LogP) is 3.40. The fourth-order valence-corrected chi connectivity index (χ4v) is 2.30. The topological polar surface area (TPSA) is 38.3 Å². The summed E-state index contributed by atoms with van der Waals surface area (Å²) in [5.74, 6) is 0.677. The van der Waals surface area contributed by atoms with Crippen LogP contribution in [-0.2, 0) is 0 Å². The molecule has 0 unspecified atom stereocenters. The number of carbonyl (C=O) groups is 1. The van der Waals surface area contributed by atoms with Gasteiger partial charge in [0.1, 0.15) is 5.75 Å². The largest absolute Gasteiger partial charge is 0.494 e. The van der Waals surface area contributed by atoms with Crippen LogP contribution >= 0.6 is 0 Å². The Bertz CT molecular complexity index is 490. The van der Waals surface area contributed by atoms with Crippen LogP contribution in [0.2, 0.25) is 0 Å². The smallest absolute Gasteiger partial charge is 0.251 e. The summed E-state index contributed by atoms with van der Waals surface area (Å²) in [6.45, 7) is 8.35. The minimum absolute atomic E-state index is 0.0347. The van der Waals surface area contributed by atoms with Crippen molar-refractivity contribution in [2.45, 2.75) is 38.6 Å². The number of ether oxygens (including phenoxy) is 1. The van der Waals surface area contributed by atoms with Gasteiger partial charge in [-0.2, -0.15) is 0 Å². The number of nitrogens with one attached hydrogen (secondary N) is 1. The van der Waals surface area contributed by atoms with Crippen LogP contribution in [0.3, 0.4) is 0 Å². The lowest BCUT2D eigenvalue weighted by atomic mass is 9.78. The van der Waals surface area contributed by atoms with Crippen molar-refractivity contribution in [1.29, 1.82) is 0 Å². The molecule has 0 radical (unpaired) electrons. The maximum atomic E-state index is 12.3. The summed E-state index contributed by atoms with van der Waals surface area (Å²) in [6.07, 6.45) is 5.02. The molecule has 0 aliphatic heterocycles. The monoisotopic (exact) mass is 259 g/mol. The van der Waals surface area contributed by atoms with Gasteiger partial charge in [0, 0.05) is 11.1 Å². The van der Waals surface area contributed by atoms with Gasteiger partial charge < -0.3 is 10.1 Å². The zero-order chi connectivity index (χ0) is 13.9. The zero-order valence-corrected chi connectivity index (χ0v) is 11.7. The minimum Gasteiger partial charge on any atom is -0.494 e. The molecule has 0 heterocycles. The summed E-state index contributed by atoms with van der Waals surface area (Å²) in [7, 11) is 0. The Balaban J connectivity index is 2.19. The van der Waals surface area contributed by atoms with Gasteiger partial charge in [-0.1, -0.05) is 12.7 Å². The molecule has 1 aromatic rings. The van der Waals surface area contributed by atoms with Crippen LogP contribution < -0.4 is 10.1 Å². The highest BCUT2D eigenvalue weighted by Gasteiger charge is 2.33. The lowest BCUT2D eigenvalue weighted by Crippen LogP contribution is -2.50. The fourth-order valence-electron chi connectivity index (χ4n) is 2.30. The average molecular weight is 259 g/mol. The van der Waals surface area contributed by atoms with E-state index in [4.69, 9.17) is 4.74 Å². The first kappa shape index (κ1) is 13.7. The van der Waals surface area contributed by atoms with E-state index in [0.29, 0.717) is 17.9 Å². The lowest BCUT2D eigenvalue weighted by Gasteiger charge is -2.39. The van der Waals surface area contributed by atoms with Crippen molar-refractivity contribution in [3.8, 4) is 5.75 Å². The summed E-state index contributed by atoms with van der Waals surface area (Å²) in [5.41, 5.74) is 1.50. The first-order valence-electron chi connectivity index (χ1n) is 6.79. The average Bonchev–Trinajstić information content (AvgIpc) is 2.36. The summed E-state index contributed by atoms with van der Waals surface area (Å²) < 4.78 is 5.48. The molecule has 19 heavy (non-hydrogen) atoms. The van der Waals surface area contributed by atoms with Gasteiger partial charge >= 0.3 is 0 Å². The number of hydrogen-bond acceptors (Lipinski definition) is 2. The van der Waals surface area contributed by atoms with Crippen LogP contribution in [0.5, 0.6) is 5.75 Å². The fraction of sp³-hybridized carbons (Fsp3) is 0.438. The molecule has 1 aliphatic carbocycles. The molecule has 3 nitrogen and oxygen atoms in total. The standard InChI is InChI=1S/C16H21NO2/c1-4-12-9-13(11-14(10-12)19-5-2)15(18)17-16(3)7-6-8-16/h4,9-11H,1,5-8H2,2-3H3,(H,17,18). The summed E-state index contributed by atoms with van der Waals surface area (Å²) in [5, 5.41) is 3.10. The van der Waals surface area contributed by atoms with Crippen LogP contribution in [0.1, 0.15) is 49.0 Å². The van der Waals surface area contributed by atoms with E-state index in [1.807, 2.05) is 19.1 Å². The Hall–Kier alpha value is -1.77. The van der Waals surface area contributed by atoms with Crippen molar-refractivity contribution in [3.05, 3.63) is 35.9 Å². The van der Waals surface area contributed by atoms with E-state index in [9.17, 15) is 4.79 Å². The number of rotatable bonds is 5. The Morgan fingerprint density at radius 2 is 2.21 bits per heavy atom. The number of amides is 1. The van der Waals surface area contributed by atoms with Crippen molar-refractivity contribution >= 4 is 12.0 Å². The van der Waals surface area contributed by atoms with E-state index in [1.165, 1.54) is 6.42 Å². The molecule has 2 rings (SSSR count). The van der Waals surface area contributed by atoms with Gasteiger partial charge in [-0.15, -0.1) is 0 Å². The quantitative estimate of drug-likeness (QED) is 0.880. The molecule has 102 valence electrons. The minimum atomic E-state index is -0.0353. The van der Waals surface area contributed by atoms with E-state index in [-0.39, 0.29) is 11.4 Å². The van der Waals surface area contributed by atoms with Gasteiger partial charge in [-0.05, 0) is 56.9 Å². The van der Waals surface area contributed by atoms with Crippen molar-refractivity contribution in [1.82, 2.24) is 5.32 Å². The highest BCUT2D eigenvalue weighted by molar-refractivity contribution is 5.95. The summed E-state index contributed by atoms with van der Waals surface area (Å²) >= 11 is 0.